The summed E-state index contributed by atoms with van der Waals surface area (Å²) in [6.07, 6.45) is 1.39. The third kappa shape index (κ3) is 2.93. The molecular weight excluding hydrogens is 418 g/mol. The van der Waals surface area contributed by atoms with E-state index in [1.54, 1.807) is 6.07 Å². The maximum atomic E-state index is 13.2. The van der Waals surface area contributed by atoms with E-state index in [1.165, 1.54) is 24.1 Å². The van der Waals surface area contributed by atoms with Crippen LogP contribution in [0.3, 0.4) is 0 Å². The second kappa shape index (κ2) is 6.80. The number of ketones is 1. The number of Topliss-reactive ketones (excluding diaryl/α,β-unsaturated/α-hetero) is 1. The predicted molar refractivity (Wildman–Crippen MR) is 95.8 cm³/mol. The summed E-state index contributed by atoms with van der Waals surface area (Å²) in [4.78, 5) is 25.6. The third-order valence-corrected chi connectivity index (χ3v) is 4.61. The van der Waals surface area contributed by atoms with E-state index in [-0.39, 0.29) is 23.0 Å². The highest BCUT2D eigenvalue weighted by Crippen LogP contribution is 2.36. The minimum Gasteiger partial charge on any atom is -0.464 e. The monoisotopic (exact) mass is 429 g/mol. The molecule has 136 valence electrons. The highest BCUT2D eigenvalue weighted by atomic mass is 79.9. The van der Waals surface area contributed by atoms with Gasteiger partial charge < -0.3 is 14.5 Å². The molecule has 1 N–H and O–H groups in total. The van der Waals surface area contributed by atoms with Crippen molar-refractivity contribution in [1.82, 2.24) is 20.2 Å². The van der Waals surface area contributed by atoms with Crippen molar-refractivity contribution in [3.05, 3.63) is 69.7 Å². The number of nitrogens with one attached hydrogen (secondary N) is 1. The largest absolute Gasteiger partial charge is 0.464 e. The molecule has 0 unspecified atom stereocenters. The van der Waals surface area contributed by atoms with E-state index < -0.39 is 17.8 Å². The van der Waals surface area contributed by atoms with Gasteiger partial charge in [-0.1, -0.05) is 33.2 Å². The van der Waals surface area contributed by atoms with Gasteiger partial charge in [0.15, 0.2) is 5.76 Å². The lowest BCUT2D eigenvalue weighted by atomic mass is 9.91. The number of furan rings is 1. The van der Waals surface area contributed by atoms with E-state index in [2.05, 4.69) is 36.8 Å². The summed E-state index contributed by atoms with van der Waals surface area (Å²) in [6, 6.07) is 9.67. The predicted octanol–water partition coefficient (Wildman–Crippen LogP) is 2.35. The minimum absolute atomic E-state index is 0.0332. The van der Waals surface area contributed by atoms with E-state index in [9.17, 15) is 9.59 Å². The second-order valence-electron chi connectivity index (χ2n) is 5.61. The molecule has 4 rings (SSSR count). The Kier molecular flexibility index (Phi) is 4.32. The Morgan fingerprint density at radius 2 is 2.04 bits per heavy atom. The molecule has 27 heavy (non-hydrogen) atoms. The molecule has 0 saturated heterocycles. The van der Waals surface area contributed by atoms with Crippen LogP contribution in [0.2, 0.25) is 0 Å². The van der Waals surface area contributed by atoms with Crippen LogP contribution in [-0.2, 0) is 9.53 Å². The molecule has 0 amide bonds. The normalized spacial score (nSPS) is 15.9. The first kappa shape index (κ1) is 17.2. The van der Waals surface area contributed by atoms with Crippen molar-refractivity contribution in [2.75, 3.05) is 12.4 Å². The van der Waals surface area contributed by atoms with Crippen molar-refractivity contribution in [3.8, 4) is 0 Å². The first-order valence-corrected chi connectivity index (χ1v) is 8.60. The van der Waals surface area contributed by atoms with Crippen LogP contribution in [0.5, 0.6) is 0 Å². The van der Waals surface area contributed by atoms with E-state index >= 15 is 0 Å². The van der Waals surface area contributed by atoms with E-state index in [0.29, 0.717) is 5.56 Å². The Balaban J connectivity index is 1.95. The lowest BCUT2D eigenvalue weighted by Crippen LogP contribution is -2.32. The molecule has 3 aromatic rings. The number of carbonyl (C=O) groups excluding carboxylic acids is 2. The summed E-state index contributed by atoms with van der Waals surface area (Å²) in [6.45, 7) is 0. The number of tetrazole rings is 1. The lowest BCUT2D eigenvalue weighted by molar-refractivity contribution is -0.136. The third-order valence-electron chi connectivity index (χ3n) is 4.08. The van der Waals surface area contributed by atoms with Crippen molar-refractivity contribution >= 4 is 33.6 Å². The SMILES string of the molecule is COC(=O)C1=C(C(=O)c2ccco2)[C@@H](c2ccc(Br)cc2)n2nnnc2N1. The van der Waals surface area contributed by atoms with Crippen molar-refractivity contribution in [2.45, 2.75) is 6.04 Å². The molecule has 0 spiro atoms. The molecule has 0 saturated carbocycles. The van der Waals surface area contributed by atoms with Gasteiger partial charge in [-0.25, -0.2) is 4.79 Å². The van der Waals surface area contributed by atoms with Crippen LogP contribution in [-0.4, -0.2) is 39.1 Å². The molecular formula is C17H12BrN5O4. The van der Waals surface area contributed by atoms with Gasteiger partial charge in [0.05, 0.1) is 18.9 Å². The van der Waals surface area contributed by atoms with Crippen LogP contribution < -0.4 is 5.32 Å². The first-order chi connectivity index (χ1) is 13.1. The number of hydrogen-bond donors (Lipinski definition) is 1. The van der Waals surface area contributed by atoms with E-state index in [1.807, 2.05) is 24.3 Å². The number of hydrogen-bond acceptors (Lipinski definition) is 8. The highest BCUT2D eigenvalue weighted by Gasteiger charge is 2.39. The number of aromatic nitrogens is 4. The van der Waals surface area contributed by atoms with Crippen molar-refractivity contribution in [1.29, 1.82) is 0 Å². The van der Waals surface area contributed by atoms with Crippen LogP contribution in [0.15, 0.2) is 62.8 Å². The Hall–Kier alpha value is -3.27. The van der Waals surface area contributed by atoms with Crippen LogP contribution in [0.25, 0.3) is 0 Å². The fourth-order valence-corrected chi connectivity index (χ4v) is 3.15. The molecule has 3 heterocycles. The number of carbonyl (C=O) groups is 2. The molecule has 0 fully saturated rings. The summed E-state index contributed by atoms with van der Waals surface area (Å²) < 4.78 is 12.4. The smallest absolute Gasteiger partial charge is 0.355 e. The lowest BCUT2D eigenvalue weighted by Gasteiger charge is -2.27. The number of fused-ring (bicyclic) bond motifs is 1. The molecule has 0 radical (unpaired) electrons. The topological polar surface area (TPSA) is 112 Å². The standard InChI is InChI=1S/C17H12BrN5O4/c1-26-16(25)13-12(15(24)11-3-2-8-27-11)14(9-4-6-10(18)7-5-9)23-17(19-13)20-21-22-23/h2-8,14H,1H3,(H,19,20,22)/t14-/m1/s1. The van der Waals surface area contributed by atoms with Gasteiger partial charge in [-0.2, -0.15) is 4.68 Å². The second-order valence-corrected chi connectivity index (χ2v) is 6.53. The van der Waals surface area contributed by atoms with Crippen LogP contribution in [0.4, 0.5) is 5.95 Å². The Morgan fingerprint density at radius 3 is 2.70 bits per heavy atom. The van der Waals surface area contributed by atoms with Crippen molar-refractivity contribution < 1.29 is 18.7 Å². The van der Waals surface area contributed by atoms with Gasteiger partial charge >= 0.3 is 5.97 Å². The number of benzene rings is 1. The number of allylic oxidation sites excluding steroid dienone is 1. The maximum Gasteiger partial charge on any atom is 0.355 e. The summed E-state index contributed by atoms with van der Waals surface area (Å²) in [5.41, 5.74) is 0.803. The molecule has 0 bridgehead atoms. The van der Waals surface area contributed by atoms with Gasteiger partial charge in [0.2, 0.25) is 11.7 Å². The van der Waals surface area contributed by atoms with Crippen molar-refractivity contribution in [2.24, 2.45) is 0 Å². The maximum absolute atomic E-state index is 13.2. The molecule has 1 aromatic carbocycles. The van der Waals surface area contributed by atoms with Crippen LogP contribution in [0, 0.1) is 0 Å². The fourth-order valence-electron chi connectivity index (χ4n) is 2.88. The Labute approximate surface area is 161 Å². The number of rotatable bonds is 4. The zero-order valence-corrected chi connectivity index (χ0v) is 15.5. The average molecular weight is 430 g/mol. The molecule has 1 atom stereocenters. The summed E-state index contributed by atoms with van der Waals surface area (Å²) in [7, 11) is 1.23. The zero-order chi connectivity index (χ0) is 19.0. The number of esters is 1. The Morgan fingerprint density at radius 1 is 1.26 bits per heavy atom. The summed E-state index contributed by atoms with van der Waals surface area (Å²) >= 11 is 3.39. The van der Waals surface area contributed by atoms with Gasteiger partial charge in [0.1, 0.15) is 11.7 Å². The number of ether oxygens (including phenoxy) is 1. The summed E-state index contributed by atoms with van der Waals surface area (Å²) in [5.74, 6) is -0.866. The molecule has 2 aromatic heterocycles. The average Bonchev–Trinajstić information content (AvgIpc) is 3.37. The van der Waals surface area contributed by atoms with E-state index in [0.717, 1.165) is 4.47 Å². The van der Waals surface area contributed by atoms with Gasteiger partial charge in [0.25, 0.3) is 0 Å². The van der Waals surface area contributed by atoms with Gasteiger partial charge in [-0.05, 0) is 40.3 Å². The van der Waals surface area contributed by atoms with Crippen LogP contribution >= 0.6 is 15.9 Å². The summed E-state index contributed by atoms with van der Waals surface area (Å²) in [5, 5.41) is 14.3. The zero-order valence-electron chi connectivity index (χ0n) is 13.9. The Bertz CT molecular complexity index is 1040. The number of halogens is 1. The molecule has 0 aliphatic carbocycles. The first-order valence-electron chi connectivity index (χ1n) is 7.81. The number of methoxy groups -OCH3 is 1. The fraction of sp³-hybridized carbons (Fsp3) is 0.118. The minimum atomic E-state index is -0.740. The highest BCUT2D eigenvalue weighted by molar-refractivity contribution is 9.10. The number of nitrogens with zero attached hydrogens (tertiary/aromatic N) is 4. The molecule has 1 aliphatic heterocycles. The molecule has 10 heteroatoms. The van der Waals surface area contributed by atoms with Gasteiger partial charge in [0, 0.05) is 4.47 Å². The van der Waals surface area contributed by atoms with Crippen molar-refractivity contribution in [3.63, 3.8) is 0 Å². The van der Waals surface area contributed by atoms with Gasteiger partial charge in [-0.3, -0.25) is 4.79 Å². The molecule has 9 nitrogen and oxygen atoms in total. The number of anilines is 1. The van der Waals surface area contributed by atoms with E-state index in [4.69, 9.17) is 9.15 Å². The quantitative estimate of drug-likeness (QED) is 0.496. The van der Waals surface area contributed by atoms with Crippen LogP contribution in [0.1, 0.15) is 22.2 Å². The van der Waals surface area contributed by atoms with Gasteiger partial charge in [-0.15, -0.1) is 0 Å². The molecule has 1 aliphatic rings.